The minimum atomic E-state index is 0. The van der Waals surface area contributed by atoms with Crippen molar-refractivity contribution in [1.29, 1.82) is 0 Å². The Kier molecular flexibility index (Phi) is 9.89. The van der Waals surface area contributed by atoms with E-state index in [0.29, 0.717) is 0 Å². The molecule has 13 heavy (non-hydrogen) atoms. The third-order valence-corrected chi connectivity index (χ3v) is 2.54. The van der Waals surface area contributed by atoms with Gasteiger partial charge in [-0.1, -0.05) is 0 Å². The van der Waals surface area contributed by atoms with Gasteiger partial charge in [0.1, 0.15) is 0 Å². The maximum atomic E-state index is 2.48. The molecule has 0 N–H and O–H groups in total. The quantitative estimate of drug-likeness (QED) is 0.562. The second-order valence-electron chi connectivity index (χ2n) is 2.29. The van der Waals surface area contributed by atoms with E-state index >= 15 is 0 Å². The summed E-state index contributed by atoms with van der Waals surface area (Å²) in [5.74, 6) is 0. The molecule has 0 unspecified atom stereocenters. The summed E-state index contributed by atoms with van der Waals surface area (Å²) in [6.45, 7) is 0. The fourth-order valence-electron chi connectivity index (χ4n) is 0.728. The molecular formula is C10H10FeSe2. The molecule has 0 aliphatic heterocycles. The van der Waals surface area contributed by atoms with Crippen molar-refractivity contribution in [1.82, 2.24) is 0 Å². The van der Waals surface area contributed by atoms with E-state index in [2.05, 4.69) is 57.7 Å². The molecule has 2 rings (SSSR count). The summed E-state index contributed by atoms with van der Waals surface area (Å²) in [7, 11) is 0. The predicted molar refractivity (Wildman–Crippen MR) is 55.2 cm³/mol. The predicted octanol–water partition coefficient (Wildman–Crippen LogP) is 0.497. The standard InChI is InChI=1S/2C5H5Se.Fe/c2*6-5-3-1-2-4-5;/h2*1-4,6H;. The van der Waals surface area contributed by atoms with E-state index in [-0.39, 0.29) is 17.1 Å². The molecule has 0 aromatic heterocycles. The molecule has 0 bridgehead atoms. The molecule has 2 fully saturated rings. The van der Waals surface area contributed by atoms with E-state index in [9.17, 15) is 0 Å². The molecule has 10 radical (unpaired) electrons. The number of hydrogen-bond donors (Lipinski definition) is 0. The van der Waals surface area contributed by atoms with E-state index in [4.69, 9.17) is 0 Å². The molecular weight excluding hydrogens is 334 g/mol. The fourth-order valence-corrected chi connectivity index (χ4v) is 1.45. The van der Waals surface area contributed by atoms with Crippen molar-refractivity contribution >= 4 is 32.0 Å². The third kappa shape index (κ3) is 7.48. The van der Waals surface area contributed by atoms with Gasteiger partial charge in [-0.25, -0.2) is 0 Å². The Morgan fingerprint density at radius 3 is 0.923 bits per heavy atom. The normalized spacial score (nSPS) is 23.5. The van der Waals surface area contributed by atoms with Crippen molar-refractivity contribution in [3.05, 3.63) is 61.0 Å². The van der Waals surface area contributed by atoms with Gasteiger partial charge in [0.2, 0.25) is 0 Å². The fraction of sp³-hybridized carbons (Fsp3) is 0. The van der Waals surface area contributed by atoms with E-state index in [0.717, 1.165) is 0 Å². The Balaban J connectivity index is 0.000000206. The Morgan fingerprint density at radius 2 is 0.846 bits per heavy atom. The summed E-state index contributed by atoms with van der Waals surface area (Å²) >= 11 is 4.97. The Labute approximate surface area is 109 Å². The summed E-state index contributed by atoms with van der Waals surface area (Å²) in [5.41, 5.74) is 0. The van der Waals surface area contributed by atoms with Crippen molar-refractivity contribution in [3.63, 3.8) is 0 Å². The summed E-state index contributed by atoms with van der Waals surface area (Å²) in [6.07, 6.45) is 16.3. The van der Waals surface area contributed by atoms with Crippen LogP contribution in [0.3, 0.4) is 0 Å². The summed E-state index contributed by atoms with van der Waals surface area (Å²) in [6, 6.07) is 0. The molecule has 0 heterocycles. The van der Waals surface area contributed by atoms with Crippen molar-refractivity contribution in [2.45, 2.75) is 0 Å². The zero-order chi connectivity index (χ0) is 8.81. The molecule has 0 saturated heterocycles. The summed E-state index contributed by atoms with van der Waals surface area (Å²) in [4.78, 5) is 2.56. The minimum absolute atomic E-state index is 0. The Hall–Kier alpha value is 1.56. The molecule has 0 amide bonds. The second kappa shape index (κ2) is 8.83. The Morgan fingerprint density at radius 1 is 0.615 bits per heavy atom. The van der Waals surface area contributed by atoms with Gasteiger partial charge >= 0.3 is 93.0 Å². The average Bonchev–Trinajstić information content (AvgIpc) is 2.63. The molecule has 0 spiro atoms. The van der Waals surface area contributed by atoms with Crippen molar-refractivity contribution in [2.24, 2.45) is 0 Å². The third-order valence-electron chi connectivity index (χ3n) is 1.29. The van der Waals surface area contributed by atoms with Gasteiger partial charge in [-0.15, -0.1) is 0 Å². The van der Waals surface area contributed by atoms with Crippen LogP contribution < -0.4 is 0 Å². The molecule has 0 atom stereocenters. The summed E-state index contributed by atoms with van der Waals surface area (Å²) in [5, 5.41) is 0. The van der Waals surface area contributed by atoms with Crippen molar-refractivity contribution < 1.29 is 17.1 Å². The van der Waals surface area contributed by atoms with Crippen LogP contribution in [0, 0.1) is 61.0 Å². The van der Waals surface area contributed by atoms with E-state index in [1.54, 1.807) is 0 Å². The molecule has 0 nitrogen and oxygen atoms in total. The van der Waals surface area contributed by atoms with Gasteiger partial charge in [0.05, 0.1) is 0 Å². The van der Waals surface area contributed by atoms with Gasteiger partial charge in [0, 0.05) is 17.1 Å². The zero-order valence-corrected chi connectivity index (χ0v) is 11.7. The van der Waals surface area contributed by atoms with E-state index in [1.165, 1.54) is 9.63 Å². The van der Waals surface area contributed by atoms with Crippen LogP contribution in [-0.4, -0.2) is 32.0 Å². The molecule has 2 aliphatic rings. The molecule has 0 aromatic carbocycles. The molecule has 70 valence electrons. The number of rotatable bonds is 0. The van der Waals surface area contributed by atoms with Gasteiger partial charge in [-0.2, -0.15) is 0 Å². The van der Waals surface area contributed by atoms with E-state index < -0.39 is 0 Å². The van der Waals surface area contributed by atoms with Gasteiger partial charge in [-0.3, -0.25) is 0 Å². The maximum absolute atomic E-state index is 2.48. The first-order valence-corrected chi connectivity index (χ1v) is 5.48. The topological polar surface area (TPSA) is 0 Å². The van der Waals surface area contributed by atoms with Crippen LogP contribution in [0.1, 0.15) is 0 Å². The van der Waals surface area contributed by atoms with Crippen LogP contribution in [0.5, 0.6) is 0 Å². The second-order valence-corrected chi connectivity index (χ2v) is 4.45. The SMILES string of the molecule is [Fe].[SeH][C]1[CH][CH][CH][CH]1.[SeH][C]1[CH][CH][CH][CH]1. The van der Waals surface area contributed by atoms with Crippen LogP contribution >= 0.6 is 0 Å². The van der Waals surface area contributed by atoms with Crippen molar-refractivity contribution in [3.8, 4) is 0 Å². The molecule has 3 heteroatoms. The Bertz CT molecular complexity index is 93.5. The monoisotopic (exact) mass is 346 g/mol. The first-order chi connectivity index (χ1) is 5.79. The van der Waals surface area contributed by atoms with Crippen LogP contribution in [0.15, 0.2) is 0 Å². The van der Waals surface area contributed by atoms with Gasteiger partial charge < -0.3 is 0 Å². The van der Waals surface area contributed by atoms with Crippen LogP contribution in [-0.2, 0) is 17.1 Å². The first kappa shape index (κ1) is 14.6. The average molecular weight is 344 g/mol. The van der Waals surface area contributed by atoms with Crippen LogP contribution in [0.4, 0.5) is 0 Å². The molecule has 2 aliphatic carbocycles. The van der Waals surface area contributed by atoms with Gasteiger partial charge in [0.25, 0.3) is 0 Å². The van der Waals surface area contributed by atoms with E-state index in [1.807, 2.05) is 25.7 Å². The van der Waals surface area contributed by atoms with Crippen LogP contribution in [0.25, 0.3) is 0 Å². The van der Waals surface area contributed by atoms with Gasteiger partial charge in [0.15, 0.2) is 0 Å². The van der Waals surface area contributed by atoms with Crippen molar-refractivity contribution in [2.75, 3.05) is 0 Å². The first-order valence-electron chi connectivity index (χ1n) is 3.60. The summed E-state index contributed by atoms with van der Waals surface area (Å²) < 4.78 is 0. The van der Waals surface area contributed by atoms with Crippen LogP contribution in [0.2, 0.25) is 0 Å². The van der Waals surface area contributed by atoms with Gasteiger partial charge in [-0.05, 0) is 0 Å². The molecule has 0 aromatic rings. The molecule has 2 saturated carbocycles. The number of hydrogen-bond acceptors (Lipinski definition) is 0. The zero-order valence-electron chi connectivity index (χ0n) is 6.87.